The van der Waals surface area contributed by atoms with Crippen LogP contribution in [0.3, 0.4) is 0 Å². The number of hydrogen-bond acceptors (Lipinski definition) is 5. The van der Waals surface area contributed by atoms with E-state index in [2.05, 4.69) is 15.4 Å². The number of rotatable bonds is 4. The zero-order chi connectivity index (χ0) is 18.2. The first kappa shape index (κ1) is 18.5. The summed E-state index contributed by atoms with van der Waals surface area (Å²) in [4.78, 5) is 35.6. The van der Waals surface area contributed by atoms with Crippen LogP contribution in [0.5, 0.6) is 0 Å². The minimum absolute atomic E-state index is 0.149. The van der Waals surface area contributed by atoms with Crippen molar-refractivity contribution < 1.29 is 23.9 Å². The molecule has 7 nitrogen and oxygen atoms in total. The standard InChI is InChI=1S/C18H22N2O5/c1-24-16(21)13-8-9-14(17(22)25-2)15(10-13)20-18(23)19-11-12-6-4-3-5-7-12/h8-11H,3-7H2,1-2H3,(H2,19,20,23). The van der Waals surface area contributed by atoms with E-state index in [4.69, 9.17) is 4.74 Å². The van der Waals surface area contributed by atoms with Crippen molar-refractivity contribution in [1.29, 1.82) is 0 Å². The monoisotopic (exact) mass is 346 g/mol. The lowest BCUT2D eigenvalue weighted by atomic mass is 9.96. The molecule has 2 N–H and O–H groups in total. The zero-order valence-corrected chi connectivity index (χ0v) is 14.4. The molecule has 0 unspecified atom stereocenters. The topological polar surface area (TPSA) is 93.7 Å². The van der Waals surface area contributed by atoms with E-state index in [-0.39, 0.29) is 16.8 Å². The molecule has 0 aromatic heterocycles. The fourth-order valence-corrected chi connectivity index (χ4v) is 2.66. The zero-order valence-electron chi connectivity index (χ0n) is 14.4. The molecule has 0 radical (unpaired) electrons. The van der Waals surface area contributed by atoms with Crippen molar-refractivity contribution in [2.24, 2.45) is 0 Å². The number of hydrogen-bond donors (Lipinski definition) is 2. The average molecular weight is 346 g/mol. The Bertz CT molecular complexity index is 689. The van der Waals surface area contributed by atoms with Crippen molar-refractivity contribution in [3.8, 4) is 0 Å². The first-order chi connectivity index (χ1) is 12.0. The summed E-state index contributed by atoms with van der Waals surface area (Å²) in [6, 6.07) is 3.73. The summed E-state index contributed by atoms with van der Waals surface area (Å²) in [7, 11) is 2.50. The van der Waals surface area contributed by atoms with Crippen LogP contribution in [0.15, 0.2) is 30.0 Å². The molecule has 25 heavy (non-hydrogen) atoms. The molecule has 1 saturated carbocycles. The molecular weight excluding hydrogens is 324 g/mol. The van der Waals surface area contributed by atoms with E-state index in [0.29, 0.717) is 0 Å². The van der Waals surface area contributed by atoms with Gasteiger partial charge in [0.1, 0.15) is 0 Å². The summed E-state index contributed by atoms with van der Waals surface area (Å²) in [5, 5.41) is 5.25. The molecule has 2 amide bonds. The number of ether oxygens (including phenoxy) is 2. The fraction of sp³-hybridized carbons (Fsp3) is 0.389. The van der Waals surface area contributed by atoms with E-state index in [1.807, 2.05) is 0 Å². The molecule has 2 rings (SSSR count). The second-order valence-electron chi connectivity index (χ2n) is 5.71. The Balaban J connectivity index is 2.15. The highest BCUT2D eigenvalue weighted by atomic mass is 16.5. The van der Waals surface area contributed by atoms with Crippen LogP contribution in [0, 0.1) is 0 Å². The molecule has 1 aromatic carbocycles. The number of esters is 2. The number of carbonyl (C=O) groups excluding carboxylic acids is 3. The number of urea groups is 1. The molecule has 1 fully saturated rings. The fourth-order valence-electron chi connectivity index (χ4n) is 2.66. The maximum Gasteiger partial charge on any atom is 0.339 e. The normalized spacial score (nSPS) is 13.6. The second-order valence-corrected chi connectivity index (χ2v) is 5.71. The third kappa shape index (κ3) is 5.07. The third-order valence-corrected chi connectivity index (χ3v) is 4.00. The Morgan fingerprint density at radius 2 is 1.68 bits per heavy atom. The van der Waals surface area contributed by atoms with Crippen LogP contribution in [0.4, 0.5) is 10.5 Å². The van der Waals surface area contributed by atoms with Gasteiger partial charge in [0.15, 0.2) is 0 Å². The van der Waals surface area contributed by atoms with Crippen LogP contribution < -0.4 is 10.6 Å². The Morgan fingerprint density at radius 1 is 1.00 bits per heavy atom. The van der Waals surface area contributed by atoms with E-state index in [9.17, 15) is 14.4 Å². The van der Waals surface area contributed by atoms with Crippen LogP contribution >= 0.6 is 0 Å². The Kier molecular flexibility index (Phi) is 6.56. The number of allylic oxidation sites excluding steroid dienone is 1. The Hall–Kier alpha value is -2.83. The molecule has 0 spiro atoms. The van der Waals surface area contributed by atoms with Crippen molar-refractivity contribution in [2.45, 2.75) is 32.1 Å². The molecular formula is C18H22N2O5. The van der Waals surface area contributed by atoms with Gasteiger partial charge in [-0.2, -0.15) is 0 Å². The highest BCUT2D eigenvalue weighted by Gasteiger charge is 2.17. The lowest BCUT2D eigenvalue weighted by Gasteiger charge is -2.14. The number of methoxy groups -OCH3 is 2. The van der Waals surface area contributed by atoms with Gasteiger partial charge in [0.2, 0.25) is 0 Å². The van der Waals surface area contributed by atoms with E-state index >= 15 is 0 Å². The van der Waals surface area contributed by atoms with Gasteiger partial charge in [-0.15, -0.1) is 0 Å². The molecule has 0 aliphatic heterocycles. The van der Waals surface area contributed by atoms with Crippen LogP contribution in [0.25, 0.3) is 0 Å². The number of anilines is 1. The smallest absolute Gasteiger partial charge is 0.339 e. The summed E-state index contributed by atoms with van der Waals surface area (Å²) in [6.45, 7) is 0. The molecule has 134 valence electrons. The number of nitrogens with one attached hydrogen (secondary N) is 2. The minimum atomic E-state index is -0.614. The quantitative estimate of drug-likeness (QED) is 0.816. The van der Waals surface area contributed by atoms with Gasteiger partial charge in [-0.1, -0.05) is 12.0 Å². The Morgan fingerprint density at radius 3 is 2.32 bits per heavy atom. The van der Waals surface area contributed by atoms with Gasteiger partial charge in [0.25, 0.3) is 0 Å². The van der Waals surface area contributed by atoms with Crippen molar-refractivity contribution in [3.63, 3.8) is 0 Å². The van der Waals surface area contributed by atoms with Gasteiger partial charge < -0.3 is 20.1 Å². The van der Waals surface area contributed by atoms with Gasteiger partial charge in [-0.25, -0.2) is 14.4 Å². The molecule has 7 heteroatoms. The lowest BCUT2D eigenvalue weighted by Crippen LogP contribution is -2.26. The summed E-state index contributed by atoms with van der Waals surface area (Å²) in [5.41, 5.74) is 1.74. The van der Waals surface area contributed by atoms with Crippen molar-refractivity contribution in [1.82, 2.24) is 5.32 Å². The minimum Gasteiger partial charge on any atom is -0.465 e. The molecule has 1 aliphatic rings. The number of benzene rings is 1. The molecule has 0 atom stereocenters. The van der Waals surface area contributed by atoms with Crippen LogP contribution in [0.1, 0.15) is 52.8 Å². The maximum atomic E-state index is 12.1. The number of carbonyl (C=O) groups is 3. The lowest BCUT2D eigenvalue weighted by molar-refractivity contribution is 0.0587. The van der Waals surface area contributed by atoms with E-state index in [1.165, 1.54) is 44.4 Å². The first-order valence-corrected chi connectivity index (χ1v) is 8.11. The molecule has 1 aromatic rings. The van der Waals surface area contributed by atoms with Gasteiger partial charge in [-0.05, 0) is 43.9 Å². The highest BCUT2D eigenvalue weighted by Crippen LogP contribution is 2.22. The Labute approximate surface area is 146 Å². The molecule has 0 bridgehead atoms. The van der Waals surface area contributed by atoms with Crippen molar-refractivity contribution in [2.75, 3.05) is 19.5 Å². The van der Waals surface area contributed by atoms with Crippen LogP contribution in [0.2, 0.25) is 0 Å². The van der Waals surface area contributed by atoms with E-state index in [1.54, 1.807) is 6.20 Å². The van der Waals surface area contributed by atoms with Crippen molar-refractivity contribution in [3.05, 3.63) is 41.1 Å². The highest BCUT2D eigenvalue weighted by molar-refractivity contribution is 6.03. The summed E-state index contributed by atoms with van der Waals surface area (Å²) >= 11 is 0. The van der Waals surface area contributed by atoms with E-state index in [0.717, 1.165) is 25.7 Å². The van der Waals surface area contributed by atoms with Gasteiger partial charge in [0, 0.05) is 6.20 Å². The van der Waals surface area contributed by atoms with Gasteiger partial charge in [0.05, 0.1) is 31.0 Å². The maximum absolute atomic E-state index is 12.1. The third-order valence-electron chi connectivity index (χ3n) is 4.00. The second kappa shape index (κ2) is 8.86. The molecule has 1 aliphatic carbocycles. The average Bonchev–Trinajstić information content (AvgIpc) is 2.65. The summed E-state index contributed by atoms with van der Waals surface area (Å²) in [6.07, 6.45) is 7.13. The summed E-state index contributed by atoms with van der Waals surface area (Å²) < 4.78 is 9.36. The van der Waals surface area contributed by atoms with E-state index < -0.39 is 18.0 Å². The molecule has 0 heterocycles. The number of amides is 2. The molecule has 0 saturated heterocycles. The van der Waals surface area contributed by atoms with Crippen molar-refractivity contribution >= 4 is 23.7 Å². The largest absolute Gasteiger partial charge is 0.465 e. The van der Waals surface area contributed by atoms with Crippen LogP contribution in [-0.4, -0.2) is 32.2 Å². The van der Waals surface area contributed by atoms with Gasteiger partial charge >= 0.3 is 18.0 Å². The first-order valence-electron chi connectivity index (χ1n) is 8.11. The SMILES string of the molecule is COC(=O)c1ccc(C(=O)OC)c(NC(=O)NC=C2CCCCC2)c1. The van der Waals surface area contributed by atoms with Gasteiger partial charge in [-0.3, -0.25) is 0 Å². The predicted molar refractivity (Wildman–Crippen MR) is 92.4 cm³/mol. The summed E-state index contributed by atoms with van der Waals surface area (Å²) in [5.74, 6) is -1.18. The predicted octanol–water partition coefficient (Wildman–Crippen LogP) is 3.23. The van der Waals surface area contributed by atoms with Crippen LogP contribution in [-0.2, 0) is 9.47 Å².